The number of nitrogens with zero attached hydrogens (tertiary/aromatic N) is 2. The lowest BCUT2D eigenvalue weighted by Gasteiger charge is -2.29. The zero-order valence-corrected chi connectivity index (χ0v) is 16.9. The first kappa shape index (κ1) is 19.7. The fourth-order valence-electron chi connectivity index (χ4n) is 3.66. The molecular formula is C21H31N3O3. The molecule has 1 aliphatic rings. The molecule has 1 atom stereocenters. The summed E-state index contributed by atoms with van der Waals surface area (Å²) in [6, 6.07) is 6.11. The van der Waals surface area contributed by atoms with E-state index in [2.05, 4.69) is 28.5 Å². The predicted molar refractivity (Wildman–Crippen MR) is 105 cm³/mol. The lowest BCUT2D eigenvalue weighted by molar-refractivity contribution is 0.206. The van der Waals surface area contributed by atoms with E-state index in [1.807, 2.05) is 26.0 Å². The minimum Gasteiger partial charge on any atom is -0.493 e. The Labute approximate surface area is 161 Å². The fraction of sp³-hybridized carbons (Fsp3) is 0.571. The lowest BCUT2D eigenvalue weighted by atomic mass is 9.98. The van der Waals surface area contributed by atoms with Gasteiger partial charge in [0.25, 0.3) is 0 Å². The van der Waals surface area contributed by atoms with Crippen LogP contribution in [0.4, 0.5) is 0 Å². The molecule has 27 heavy (non-hydrogen) atoms. The number of methoxy groups -OCH3 is 1. The Kier molecular flexibility index (Phi) is 6.74. The maximum atomic E-state index is 5.95. The Hall–Kier alpha value is -2.05. The molecule has 0 unspecified atom stereocenters. The van der Waals surface area contributed by atoms with Crippen LogP contribution in [0.3, 0.4) is 0 Å². The molecule has 0 amide bonds. The Bertz CT molecular complexity index is 725. The minimum atomic E-state index is 0.421. The zero-order valence-electron chi connectivity index (χ0n) is 16.9. The van der Waals surface area contributed by atoms with Crippen molar-refractivity contribution in [3.8, 4) is 11.5 Å². The molecule has 1 saturated heterocycles. The van der Waals surface area contributed by atoms with E-state index in [9.17, 15) is 0 Å². The van der Waals surface area contributed by atoms with E-state index < -0.39 is 0 Å². The quantitative estimate of drug-likeness (QED) is 0.766. The summed E-state index contributed by atoms with van der Waals surface area (Å²) in [5.74, 6) is 3.01. The van der Waals surface area contributed by atoms with Crippen LogP contribution in [0.5, 0.6) is 11.5 Å². The summed E-state index contributed by atoms with van der Waals surface area (Å²) < 4.78 is 16.7. The average Bonchev–Trinajstić information content (AvgIpc) is 2.98. The summed E-state index contributed by atoms with van der Waals surface area (Å²) in [6.45, 7) is 8.54. The standard InChI is InChI=1S/C21H31N3O3/c1-15-19(16(2)27-23-15)14-26-20-8-7-17(10-21(20)25-4)11-22-12-18-6-5-9-24(3)13-18/h7-8,10,18,22H,5-6,9,11-14H2,1-4H3/t18-/m1/s1. The second-order valence-electron chi connectivity index (χ2n) is 7.48. The van der Waals surface area contributed by atoms with Gasteiger partial charge < -0.3 is 24.2 Å². The highest BCUT2D eigenvalue weighted by molar-refractivity contribution is 5.43. The maximum absolute atomic E-state index is 5.95. The Morgan fingerprint density at radius 1 is 1.30 bits per heavy atom. The molecule has 1 fully saturated rings. The lowest BCUT2D eigenvalue weighted by Crippen LogP contribution is -2.37. The largest absolute Gasteiger partial charge is 0.493 e. The van der Waals surface area contributed by atoms with Crippen LogP contribution in [-0.2, 0) is 13.2 Å². The zero-order chi connectivity index (χ0) is 19.2. The van der Waals surface area contributed by atoms with Crippen molar-refractivity contribution in [1.82, 2.24) is 15.4 Å². The van der Waals surface area contributed by atoms with E-state index in [1.165, 1.54) is 31.5 Å². The smallest absolute Gasteiger partial charge is 0.161 e. The Morgan fingerprint density at radius 2 is 2.15 bits per heavy atom. The summed E-state index contributed by atoms with van der Waals surface area (Å²) in [5.41, 5.74) is 3.04. The van der Waals surface area contributed by atoms with Gasteiger partial charge in [0, 0.05) is 13.1 Å². The van der Waals surface area contributed by atoms with Crippen LogP contribution in [0.2, 0.25) is 0 Å². The third-order valence-electron chi connectivity index (χ3n) is 5.27. The van der Waals surface area contributed by atoms with Gasteiger partial charge in [-0.25, -0.2) is 0 Å². The summed E-state index contributed by atoms with van der Waals surface area (Å²) in [5, 5.41) is 7.55. The van der Waals surface area contributed by atoms with Gasteiger partial charge in [0.15, 0.2) is 11.5 Å². The topological polar surface area (TPSA) is 59.8 Å². The van der Waals surface area contributed by atoms with Gasteiger partial charge >= 0.3 is 0 Å². The summed E-state index contributed by atoms with van der Waals surface area (Å²) >= 11 is 0. The third-order valence-corrected chi connectivity index (χ3v) is 5.27. The van der Waals surface area contributed by atoms with Gasteiger partial charge in [-0.1, -0.05) is 11.2 Å². The van der Waals surface area contributed by atoms with Gasteiger partial charge in [-0.15, -0.1) is 0 Å². The van der Waals surface area contributed by atoms with Crippen molar-refractivity contribution in [3.63, 3.8) is 0 Å². The highest BCUT2D eigenvalue weighted by atomic mass is 16.5. The number of likely N-dealkylation sites (tertiary alicyclic amines) is 1. The third kappa shape index (κ3) is 5.23. The number of aromatic nitrogens is 1. The first-order valence-electron chi connectivity index (χ1n) is 9.67. The van der Waals surface area contributed by atoms with E-state index in [4.69, 9.17) is 14.0 Å². The molecule has 3 rings (SSSR count). The molecule has 1 aliphatic heterocycles. The fourth-order valence-corrected chi connectivity index (χ4v) is 3.66. The van der Waals surface area contributed by atoms with Gasteiger partial charge in [0.1, 0.15) is 12.4 Å². The maximum Gasteiger partial charge on any atom is 0.161 e. The van der Waals surface area contributed by atoms with Crippen molar-refractivity contribution in [3.05, 3.63) is 40.8 Å². The van der Waals surface area contributed by atoms with Crippen LogP contribution in [0.15, 0.2) is 22.7 Å². The molecule has 148 valence electrons. The number of benzene rings is 1. The molecule has 0 saturated carbocycles. The molecule has 1 N–H and O–H groups in total. The average molecular weight is 373 g/mol. The number of hydrogen-bond donors (Lipinski definition) is 1. The van der Waals surface area contributed by atoms with Crippen LogP contribution in [-0.4, -0.2) is 43.8 Å². The molecule has 6 heteroatoms. The van der Waals surface area contributed by atoms with Crippen LogP contribution >= 0.6 is 0 Å². The van der Waals surface area contributed by atoms with Gasteiger partial charge in [-0.05, 0) is 70.4 Å². The van der Waals surface area contributed by atoms with Crippen molar-refractivity contribution < 1.29 is 14.0 Å². The molecule has 2 heterocycles. The second kappa shape index (κ2) is 9.24. The Balaban J connectivity index is 1.54. The molecule has 0 spiro atoms. The molecule has 1 aromatic heterocycles. The number of ether oxygens (including phenoxy) is 2. The van der Waals surface area contributed by atoms with Crippen molar-refractivity contribution in [2.45, 2.75) is 39.8 Å². The molecular weight excluding hydrogens is 342 g/mol. The number of aryl methyl sites for hydroxylation is 2. The van der Waals surface area contributed by atoms with Crippen LogP contribution in [0.1, 0.15) is 35.4 Å². The monoisotopic (exact) mass is 373 g/mol. The van der Waals surface area contributed by atoms with Gasteiger partial charge in [-0.2, -0.15) is 0 Å². The molecule has 0 bridgehead atoms. The van der Waals surface area contributed by atoms with Gasteiger partial charge in [-0.3, -0.25) is 0 Å². The molecule has 6 nitrogen and oxygen atoms in total. The van der Waals surface area contributed by atoms with Gasteiger partial charge in [0.2, 0.25) is 0 Å². The summed E-state index contributed by atoms with van der Waals surface area (Å²) in [6.07, 6.45) is 2.61. The van der Waals surface area contributed by atoms with Gasteiger partial charge in [0.05, 0.1) is 18.4 Å². The summed E-state index contributed by atoms with van der Waals surface area (Å²) in [4.78, 5) is 2.42. The number of piperidine rings is 1. The van der Waals surface area contributed by atoms with E-state index >= 15 is 0 Å². The minimum absolute atomic E-state index is 0.421. The van der Waals surface area contributed by atoms with Crippen LogP contribution < -0.4 is 14.8 Å². The first-order chi connectivity index (χ1) is 13.1. The number of nitrogens with one attached hydrogen (secondary N) is 1. The predicted octanol–water partition coefficient (Wildman–Crippen LogP) is 3.31. The van der Waals surface area contributed by atoms with E-state index in [1.54, 1.807) is 7.11 Å². The van der Waals surface area contributed by atoms with Crippen molar-refractivity contribution in [2.24, 2.45) is 5.92 Å². The first-order valence-corrected chi connectivity index (χ1v) is 9.67. The van der Waals surface area contributed by atoms with Crippen molar-refractivity contribution >= 4 is 0 Å². The van der Waals surface area contributed by atoms with E-state index in [-0.39, 0.29) is 0 Å². The van der Waals surface area contributed by atoms with E-state index in [0.717, 1.165) is 47.5 Å². The second-order valence-corrected chi connectivity index (χ2v) is 7.48. The van der Waals surface area contributed by atoms with Crippen molar-refractivity contribution in [2.75, 3.05) is 33.8 Å². The molecule has 0 aliphatic carbocycles. The highest BCUT2D eigenvalue weighted by Gasteiger charge is 2.17. The van der Waals surface area contributed by atoms with Crippen LogP contribution in [0, 0.1) is 19.8 Å². The molecule has 0 radical (unpaired) electrons. The number of rotatable bonds is 8. The van der Waals surface area contributed by atoms with Crippen LogP contribution in [0.25, 0.3) is 0 Å². The highest BCUT2D eigenvalue weighted by Crippen LogP contribution is 2.29. The SMILES string of the molecule is COc1cc(CNC[C@H]2CCCN(C)C2)ccc1OCc1c(C)noc1C. The summed E-state index contributed by atoms with van der Waals surface area (Å²) in [7, 11) is 3.88. The number of hydrogen-bond acceptors (Lipinski definition) is 6. The van der Waals surface area contributed by atoms with E-state index in [0.29, 0.717) is 6.61 Å². The Morgan fingerprint density at radius 3 is 2.85 bits per heavy atom. The molecule has 1 aromatic carbocycles. The van der Waals surface area contributed by atoms with Crippen molar-refractivity contribution in [1.29, 1.82) is 0 Å². The normalized spacial score (nSPS) is 17.9. The molecule has 2 aromatic rings.